The van der Waals surface area contributed by atoms with Crippen LogP contribution in [0.2, 0.25) is 0 Å². The lowest BCUT2D eigenvalue weighted by atomic mass is 9.89. The number of nitrogens with zero attached hydrogens (tertiary/aromatic N) is 3. The number of pyridine rings is 1. The highest BCUT2D eigenvalue weighted by atomic mass is 32.2. The Kier molecular flexibility index (Phi) is 8.78. The Hall–Kier alpha value is -2.38. The first kappa shape index (κ1) is 23.8. The average molecular weight is 467 g/mol. The lowest BCUT2D eigenvalue weighted by molar-refractivity contribution is -0.118. The molecule has 0 radical (unpaired) electrons. The van der Waals surface area contributed by atoms with Gasteiger partial charge in [0.1, 0.15) is 0 Å². The van der Waals surface area contributed by atoms with Gasteiger partial charge in [-0.2, -0.15) is 0 Å². The van der Waals surface area contributed by atoms with E-state index in [9.17, 15) is 9.59 Å². The molecule has 176 valence electrons. The summed E-state index contributed by atoms with van der Waals surface area (Å²) in [5.74, 6) is 1.07. The van der Waals surface area contributed by atoms with E-state index >= 15 is 0 Å². The normalized spacial score (nSPS) is 17.6. The lowest BCUT2D eigenvalue weighted by Gasteiger charge is -2.34. The van der Waals surface area contributed by atoms with Gasteiger partial charge in [0.05, 0.1) is 17.0 Å². The van der Waals surface area contributed by atoms with Crippen molar-refractivity contribution in [2.24, 2.45) is 5.92 Å². The van der Waals surface area contributed by atoms with Crippen molar-refractivity contribution >= 4 is 23.6 Å². The summed E-state index contributed by atoms with van der Waals surface area (Å²) in [6.07, 6.45) is 8.15. The number of thioether (sulfide) groups is 1. The van der Waals surface area contributed by atoms with Gasteiger partial charge in [-0.05, 0) is 43.0 Å². The van der Waals surface area contributed by atoms with E-state index in [-0.39, 0.29) is 11.8 Å². The zero-order valence-electron chi connectivity index (χ0n) is 19.2. The lowest BCUT2D eigenvalue weighted by Crippen LogP contribution is -2.48. The van der Waals surface area contributed by atoms with Gasteiger partial charge >= 0.3 is 0 Å². The van der Waals surface area contributed by atoms with Gasteiger partial charge < -0.3 is 10.2 Å². The first-order valence-corrected chi connectivity index (χ1v) is 13.1. The Morgan fingerprint density at radius 1 is 0.970 bits per heavy atom. The fourth-order valence-electron chi connectivity index (χ4n) is 4.61. The summed E-state index contributed by atoms with van der Waals surface area (Å²) in [4.78, 5) is 35.2. The molecule has 2 aliphatic rings. The maximum Gasteiger partial charge on any atom is 0.255 e. The molecule has 0 atom stereocenters. The summed E-state index contributed by atoms with van der Waals surface area (Å²) in [5, 5.41) is 3.09. The van der Waals surface area contributed by atoms with Crippen LogP contribution in [0.5, 0.6) is 0 Å². The Morgan fingerprint density at radius 3 is 2.48 bits per heavy atom. The summed E-state index contributed by atoms with van der Waals surface area (Å²) in [6, 6.07) is 13.6. The van der Waals surface area contributed by atoms with E-state index in [2.05, 4.69) is 15.2 Å². The number of benzene rings is 1. The highest BCUT2D eigenvalue weighted by Crippen LogP contribution is 2.25. The number of rotatable bonds is 8. The van der Waals surface area contributed by atoms with Gasteiger partial charge in [0.2, 0.25) is 5.91 Å². The van der Waals surface area contributed by atoms with E-state index < -0.39 is 0 Å². The van der Waals surface area contributed by atoms with Crippen LogP contribution >= 0.6 is 11.8 Å². The first-order chi connectivity index (χ1) is 16.2. The Morgan fingerprint density at radius 2 is 1.73 bits per heavy atom. The molecule has 1 aliphatic carbocycles. The van der Waals surface area contributed by atoms with Crippen molar-refractivity contribution in [3.05, 3.63) is 59.9 Å². The van der Waals surface area contributed by atoms with Gasteiger partial charge in [-0.15, -0.1) is 11.8 Å². The zero-order valence-corrected chi connectivity index (χ0v) is 20.1. The van der Waals surface area contributed by atoms with Crippen molar-refractivity contribution in [3.63, 3.8) is 0 Å². The minimum absolute atomic E-state index is 0.0518. The minimum Gasteiger partial charge on any atom is -0.355 e. The van der Waals surface area contributed by atoms with Gasteiger partial charge in [0.15, 0.2) is 0 Å². The van der Waals surface area contributed by atoms with Crippen LogP contribution in [0.25, 0.3) is 0 Å². The number of piperazine rings is 1. The van der Waals surface area contributed by atoms with Crippen molar-refractivity contribution in [2.75, 3.05) is 38.5 Å². The number of carbonyl (C=O) groups excluding carboxylic acids is 2. The molecule has 7 heteroatoms. The second kappa shape index (κ2) is 12.2. The van der Waals surface area contributed by atoms with E-state index in [0.717, 1.165) is 36.8 Å². The highest BCUT2D eigenvalue weighted by molar-refractivity contribution is 8.00. The molecule has 4 rings (SSSR count). The van der Waals surface area contributed by atoms with Crippen molar-refractivity contribution in [3.8, 4) is 0 Å². The molecule has 1 aromatic heterocycles. The van der Waals surface area contributed by atoms with Gasteiger partial charge in [-0.3, -0.25) is 19.5 Å². The third kappa shape index (κ3) is 7.05. The summed E-state index contributed by atoms with van der Waals surface area (Å²) in [7, 11) is 0. The molecule has 33 heavy (non-hydrogen) atoms. The second-order valence-corrected chi connectivity index (χ2v) is 10.00. The Bertz CT molecular complexity index is 910. The third-order valence-electron chi connectivity index (χ3n) is 6.56. The molecular formula is C26H34N4O2S. The van der Waals surface area contributed by atoms with E-state index in [0.29, 0.717) is 30.3 Å². The maximum atomic E-state index is 13.2. The van der Waals surface area contributed by atoms with Crippen LogP contribution in [0.4, 0.5) is 0 Å². The molecule has 1 aromatic carbocycles. The number of amides is 2. The minimum atomic E-state index is 0.0518. The molecule has 1 aliphatic heterocycles. The summed E-state index contributed by atoms with van der Waals surface area (Å²) < 4.78 is 0. The molecule has 1 saturated heterocycles. The quantitative estimate of drug-likeness (QED) is 0.599. The largest absolute Gasteiger partial charge is 0.355 e. The topological polar surface area (TPSA) is 65.5 Å². The fraction of sp³-hybridized carbons (Fsp3) is 0.500. The van der Waals surface area contributed by atoms with E-state index in [1.54, 1.807) is 0 Å². The molecule has 0 unspecified atom stereocenters. The van der Waals surface area contributed by atoms with Gasteiger partial charge in [0.25, 0.3) is 5.91 Å². The van der Waals surface area contributed by atoms with Crippen LogP contribution < -0.4 is 5.32 Å². The van der Waals surface area contributed by atoms with Crippen molar-refractivity contribution in [1.29, 1.82) is 0 Å². The number of hydrogen-bond acceptors (Lipinski definition) is 5. The number of nitrogens with one attached hydrogen (secondary N) is 1. The second-order valence-electron chi connectivity index (χ2n) is 8.98. The number of hydrogen-bond donors (Lipinski definition) is 1. The summed E-state index contributed by atoms with van der Waals surface area (Å²) >= 11 is 1.46. The van der Waals surface area contributed by atoms with Crippen molar-refractivity contribution in [1.82, 2.24) is 20.1 Å². The first-order valence-electron chi connectivity index (χ1n) is 12.1. The standard InChI is InChI=1S/C26H34N4O2S/c31-25(28-18-21-8-2-1-3-9-21)20-33-24-12-5-4-11-23(24)26(32)30-16-14-29(15-17-30)19-22-10-6-7-13-27-22/h4-7,10-13,21H,1-3,8-9,14-20H2,(H,28,31). The summed E-state index contributed by atoms with van der Waals surface area (Å²) in [5.41, 5.74) is 1.75. The predicted octanol–water partition coefficient (Wildman–Crippen LogP) is 3.83. The molecule has 6 nitrogen and oxygen atoms in total. The van der Waals surface area contributed by atoms with Gasteiger partial charge in [-0.1, -0.05) is 37.5 Å². The van der Waals surface area contributed by atoms with Gasteiger partial charge in [-0.25, -0.2) is 0 Å². The molecule has 2 aromatic rings. The average Bonchev–Trinajstić information content (AvgIpc) is 2.88. The Balaban J connectivity index is 1.26. The molecule has 2 amide bonds. The van der Waals surface area contributed by atoms with Crippen LogP contribution in [0, 0.1) is 5.92 Å². The van der Waals surface area contributed by atoms with Crippen LogP contribution in [0.15, 0.2) is 53.6 Å². The van der Waals surface area contributed by atoms with E-state index in [1.807, 2.05) is 53.6 Å². The van der Waals surface area contributed by atoms with Crippen molar-refractivity contribution < 1.29 is 9.59 Å². The molecule has 1 saturated carbocycles. The van der Waals surface area contributed by atoms with Crippen LogP contribution in [-0.4, -0.2) is 65.1 Å². The molecule has 0 spiro atoms. The molecule has 0 bridgehead atoms. The molecular weight excluding hydrogens is 432 g/mol. The molecule has 2 heterocycles. The predicted molar refractivity (Wildman–Crippen MR) is 132 cm³/mol. The van der Waals surface area contributed by atoms with Crippen molar-refractivity contribution in [2.45, 2.75) is 43.5 Å². The SMILES string of the molecule is O=C(CSc1ccccc1C(=O)N1CCN(Cc2ccccn2)CC1)NCC1CCCCC1. The smallest absolute Gasteiger partial charge is 0.255 e. The molecule has 2 fully saturated rings. The van der Waals surface area contributed by atoms with Gasteiger partial charge in [0, 0.05) is 50.4 Å². The third-order valence-corrected chi connectivity index (χ3v) is 7.63. The zero-order chi connectivity index (χ0) is 22.9. The van der Waals surface area contributed by atoms with E-state index in [1.165, 1.54) is 43.9 Å². The molecule has 1 N–H and O–H groups in total. The van der Waals surface area contributed by atoms with Crippen LogP contribution in [0.1, 0.15) is 48.2 Å². The van der Waals surface area contributed by atoms with Crippen LogP contribution in [-0.2, 0) is 11.3 Å². The highest BCUT2D eigenvalue weighted by Gasteiger charge is 2.24. The van der Waals surface area contributed by atoms with E-state index in [4.69, 9.17) is 0 Å². The monoisotopic (exact) mass is 466 g/mol. The number of aromatic nitrogens is 1. The summed E-state index contributed by atoms with van der Waals surface area (Å²) in [6.45, 7) is 4.66. The maximum absolute atomic E-state index is 13.2. The number of carbonyl (C=O) groups is 2. The van der Waals surface area contributed by atoms with Crippen LogP contribution in [0.3, 0.4) is 0 Å². The fourth-order valence-corrected chi connectivity index (χ4v) is 5.49. The Labute approximate surface area is 201 Å².